The highest BCUT2D eigenvalue weighted by atomic mass is 32.1. The lowest BCUT2D eigenvalue weighted by molar-refractivity contribution is 0.373. The van der Waals surface area contributed by atoms with Crippen LogP contribution in [0.25, 0.3) is 0 Å². The number of likely N-dealkylation sites (N-methyl/N-ethyl adjacent to an activating group) is 1. The van der Waals surface area contributed by atoms with Crippen molar-refractivity contribution in [2.45, 2.75) is 19.0 Å². The summed E-state index contributed by atoms with van der Waals surface area (Å²) in [7, 11) is 2.04. The van der Waals surface area contributed by atoms with Crippen LogP contribution in [-0.4, -0.2) is 22.0 Å². The van der Waals surface area contributed by atoms with E-state index in [1.165, 1.54) is 10.4 Å². The van der Waals surface area contributed by atoms with Crippen LogP contribution in [0.4, 0.5) is 0 Å². The summed E-state index contributed by atoms with van der Waals surface area (Å²) in [6.07, 6.45) is 1.83. The maximum absolute atomic E-state index is 5.40. The Morgan fingerprint density at radius 1 is 1.37 bits per heavy atom. The van der Waals surface area contributed by atoms with Crippen molar-refractivity contribution in [2.75, 3.05) is 7.05 Å². The van der Waals surface area contributed by atoms with Gasteiger partial charge in [-0.1, -0.05) is 6.07 Å². The van der Waals surface area contributed by atoms with E-state index in [2.05, 4.69) is 39.6 Å². The van der Waals surface area contributed by atoms with Gasteiger partial charge >= 0.3 is 0 Å². The van der Waals surface area contributed by atoms with Gasteiger partial charge in [0.2, 0.25) is 0 Å². The van der Waals surface area contributed by atoms with E-state index < -0.39 is 0 Å². The second-order valence-corrected chi connectivity index (χ2v) is 6.04. The van der Waals surface area contributed by atoms with E-state index in [4.69, 9.17) is 12.2 Å². The molecule has 1 saturated heterocycles. The van der Waals surface area contributed by atoms with Gasteiger partial charge in [-0.15, -0.1) is 11.3 Å². The topological polar surface area (TPSA) is 28.2 Å². The Hall–Kier alpha value is -1.46. The van der Waals surface area contributed by atoms with Crippen LogP contribution in [0.1, 0.15) is 28.2 Å². The molecule has 0 spiro atoms. The third-order valence-electron chi connectivity index (χ3n) is 3.51. The van der Waals surface area contributed by atoms with Crippen LogP contribution in [0.2, 0.25) is 0 Å². The first-order valence-electron chi connectivity index (χ1n) is 6.16. The molecule has 0 bridgehead atoms. The van der Waals surface area contributed by atoms with Crippen molar-refractivity contribution in [3.05, 3.63) is 52.0 Å². The zero-order valence-electron chi connectivity index (χ0n) is 10.8. The molecule has 1 N–H and O–H groups in total. The number of aromatic nitrogens is 1. The minimum atomic E-state index is 0.121. The van der Waals surface area contributed by atoms with Gasteiger partial charge in [0.25, 0.3) is 0 Å². The highest BCUT2D eigenvalue weighted by molar-refractivity contribution is 7.80. The van der Waals surface area contributed by atoms with Crippen molar-refractivity contribution in [3.63, 3.8) is 0 Å². The number of hydrogen-bond acceptors (Lipinski definition) is 3. The van der Waals surface area contributed by atoms with Crippen LogP contribution in [0.15, 0.2) is 35.8 Å². The van der Waals surface area contributed by atoms with E-state index in [9.17, 15) is 0 Å². The molecule has 0 saturated carbocycles. The Morgan fingerprint density at radius 2 is 2.21 bits per heavy atom. The van der Waals surface area contributed by atoms with Crippen LogP contribution in [-0.2, 0) is 0 Å². The third kappa shape index (κ3) is 2.13. The lowest BCUT2D eigenvalue weighted by atomic mass is 10.0. The number of pyridine rings is 1. The van der Waals surface area contributed by atoms with Gasteiger partial charge in [0.05, 0.1) is 17.8 Å². The second-order valence-electron chi connectivity index (χ2n) is 4.71. The van der Waals surface area contributed by atoms with Crippen molar-refractivity contribution >= 4 is 28.7 Å². The lowest BCUT2D eigenvalue weighted by Gasteiger charge is -2.23. The third-order valence-corrected chi connectivity index (χ3v) is 5.00. The van der Waals surface area contributed by atoms with E-state index in [1.54, 1.807) is 11.3 Å². The molecule has 1 aliphatic heterocycles. The summed E-state index contributed by atoms with van der Waals surface area (Å²) < 4.78 is 0. The highest BCUT2D eigenvalue weighted by Crippen LogP contribution is 2.40. The van der Waals surface area contributed by atoms with E-state index in [1.807, 2.05) is 25.4 Å². The maximum atomic E-state index is 5.40. The minimum absolute atomic E-state index is 0.121. The molecule has 0 radical (unpaired) electrons. The molecular formula is C14H15N3S2. The number of hydrogen-bond donors (Lipinski definition) is 1. The molecule has 2 aromatic rings. The molecule has 0 aromatic carbocycles. The van der Waals surface area contributed by atoms with Crippen LogP contribution in [0.3, 0.4) is 0 Å². The second kappa shape index (κ2) is 4.90. The summed E-state index contributed by atoms with van der Waals surface area (Å²) in [5.41, 5.74) is 2.35. The lowest BCUT2D eigenvalue weighted by Crippen LogP contribution is -2.24. The molecule has 3 nitrogen and oxygen atoms in total. The average molecular weight is 289 g/mol. The number of nitrogens with one attached hydrogen (secondary N) is 1. The Kier molecular flexibility index (Phi) is 3.24. The van der Waals surface area contributed by atoms with Crippen LogP contribution in [0.5, 0.6) is 0 Å². The molecule has 0 unspecified atom stereocenters. The number of nitrogens with zero attached hydrogens (tertiary/aromatic N) is 2. The predicted molar refractivity (Wildman–Crippen MR) is 82.3 cm³/mol. The van der Waals surface area contributed by atoms with Gasteiger partial charge in [0.1, 0.15) is 0 Å². The van der Waals surface area contributed by atoms with Gasteiger partial charge in [0.15, 0.2) is 5.11 Å². The summed E-state index contributed by atoms with van der Waals surface area (Å²) in [5, 5.41) is 6.31. The molecule has 2 atom stereocenters. The molecule has 5 heteroatoms. The zero-order chi connectivity index (χ0) is 13.4. The minimum Gasteiger partial charge on any atom is -0.352 e. The molecule has 1 fully saturated rings. The first-order chi connectivity index (χ1) is 9.18. The Bertz CT molecular complexity index is 594. The molecule has 1 aliphatic rings. The maximum Gasteiger partial charge on any atom is 0.169 e. The Morgan fingerprint density at radius 3 is 2.84 bits per heavy atom. The number of rotatable bonds is 2. The van der Waals surface area contributed by atoms with Gasteiger partial charge in [0, 0.05) is 18.1 Å². The molecular weight excluding hydrogens is 274 g/mol. The standard InChI is InChI=1S/C14H15N3S2/c1-9-6-8-19-13(9)12-11(16-14(18)17(12)2)10-5-3-4-7-15-10/h3-8,11-12H,1-2H3,(H,16,18)/t11-,12+/m0/s1. The quantitative estimate of drug-likeness (QED) is 0.860. The van der Waals surface area contributed by atoms with Crippen molar-refractivity contribution in [2.24, 2.45) is 0 Å². The van der Waals surface area contributed by atoms with Crippen LogP contribution in [0, 0.1) is 6.92 Å². The Labute approximate surface area is 122 Å². The molecule has 98 valence electrons. The van der Waals surface area contributed by atoms with Gasteiger partial charge in [-0.2, -0.15) is 0 Å². The number of thiocarbonyl (C=S) groups is 1. The predicted octanol–water partition coefficient (Wildman–Crippen LogP) is 3.05. The SMILES string of the molecule is Cc1ccsc1[C@H]1[C@H](c2ccccn2)NC(=S)N1C. The fourth-order valence-corrected chi connectivity index (χ4v) is 3.82. The summed E-state index contributed by atoms with van der Waals surface area (Å²) in [5.74, 6) is 0. The van der Waals surface area contributed by atoms with E-state index >= 15 is 0 Å². The number of aryl methyl sites for hydroxylation is 1. The van der Waals surface area contributed by atoms with E-state index in [0.29, 0.717) is 0 Å². The van der Waals surface area contributed by atoms with Gasteiger partial charge in [-0.05, 0) is 48.3 Å². The molecule has 3 heterocycles. The van der Waals surface area contributed by atoms with Crippen molar-refractivity contribution in [3.8, 4) is 0 Å². The van der Waals surface area contributed by atoms with E-state index in [-0.39, 0.29) is 12.1 Å². The van der Waals surface area contributed by atoms with Crippen LogP contribution < -0.4 is 5.32 Å². The average Bonchev–Trinajstić information content (AvgIpc) is 2.96. The monoisotopic (exact) mass is 289 g/mol. The molecule has 0 aliphatic carbocycles. The van der Waals surface area contributed by atoms with Gasteiger partial charge in [-0.3, -0.25) is 4.98 Å². The normalized spacial score (nSPS) is 22.6. The smallest absolute Gasteiger partial charge is 0.169 e. The van der Waals surface area contributed by atoms with Crippen molar-refractivity contribution < 1.29 is 0 Å². The highest BCUT2D eigenvalue weighted by Gasteiger charge is 2.38. The first-order valence-corrected chi connectivity index (χ1v) is 7.45. The summed E-state index contributed by atoms with van der Waals surface area (Å²) in [4.78, 5) is 7.96. The molecule has 19 heavy (non-hydrogen) atoms. The summed E-state index contributed by atoms with van der Waals surface area (Å²) >= 11 is 7.19. The van der Waals surface area contributed by atoms with Gasteiger partial charge in [-0.25, -0.2) is 0 Å². The Balaban J connectivity index is 2.04. The van der Waals surface area contributed by atoms with Crippen LogP contribution >= 0.6 is 23.6 Å². The number of thiophene rings is 1. The fraction of sp³-hybridized carbons (Fsp3) is 0.286. The molecule has 0 amide bonds. The fourth-order valence-electron chi connectivity index (χ4n) is 2.47. The molecule has 2 aromatic heterocycles. The summed E-state index contributed by atoms with van der Waals surface area (Å²) in [6, 6.07) is 8.51. The summed E-state index contributed by atoms with van der Waals surface area (Å²) in [6.45, 7) is 2.15. The van der Waals surface area contributed by atoms with Crippen molar-refractivity contribution in [1.82, 2.24) is 15.2 Å². The van der Waals surface area contributed by atoms with Gasteiger partial charge < -0.3 is 10.2 Å². The first kappa shape index (κ1) is 12.6. The largest absolute Gasteiger partial charge is 0.352 e. The molecule has 3 rings (SSSR count). The zero-order valence-corrected chi connectivity index (χ0v) is 12.5. The van der Waals surface area contributed by atoms with Crippen molar-refractivity contribution in [1.29, 1.82) is 0 Å². The van der Waals surface area contributed by atoms with E-state index in [0.717, 1.165) is 10.8 Å².